The van der Waals surface area contributed by atoms with Crippen LogP contribution in [0.15, 0.2) is 0 Å². The van der Waals surface area contributed by atoms with E-state index in [1.807, 2.05) is 0 Å². The van der Waals surface area contributed by atoms with E-state index in [9.17, 15) is 9.90 Å². The molecule has 1 N–H and O–H groups in total. The Hall–Kier alpha value is -0.570. The quantitative estimate of drug-likeness (QED) is 0.634. The predicted molar refractivity (Wildman–Crippen MR) is 44.6 cm³/mol. The molecule has 0 aromatic rings. The van der Waals surface area contributed by atoms with Gasteiger partial charge in [-0.3, -0.25) is 4.79 Å². The molecule has 3 nitrogen and oxygen atoms in total. The first-order chi connectivity index (χ1) is 5.75. The van der Waals surface area contributed by atoms with E-state index in [-0.39, 0.29) is 11.9 Å². The average Bonchev–Trinajstić information content (AvgIpc) is 2.05. The lowest BCUT2D eigenvalue weighted by Crippen LogP contribution is -2.32. The molecule has 1 aliphatic rings. The summed E-state index contributed by atoms with van der Waals surface area (Å²) < 4.78 is 4.85. The highest BCUT2D eigenvalue weighted by Crippen LogP contribution is 2.25. The molecule has 0 aliphatic heterocycles. The standard InChI is InChI=1S/C9H16O3/c1-2-12-9(11)7-5-3-4-6-8(7)10/h7-8,10H,2-6H2,1H3/t7-,8+/m0/s1. The lowest BCUT2D eigenvalue weighted by Gasteiger charge is -2.25. The average molecular weight is 172 g/mol. The summed E-state index contributed by atoms with van der Waals surface area (Å²) in [5.41, 5.74) is 0. The molecule has 0 bridgehead atoms. The van der Waals surface area contributed by atoms with E-state index in [0.29, 0.717) is 6.61 Å². The van der Waals surface area contributed by atoms with Crippen molar-refractivity contribution in [2.75, 3.05) is 6.61 Å². The first kappa shape index (κ1) is 9.52. The number of carbonyl (C=O) groups excluding carboxylic acids is 1. The third-order valence-corrected chi connectivity index (χ3v) is 2.32. The fourth-order valence-corrected chi connectivity index (χ4v) is 1.64. The predicted octanol–water partition coefficient (Wildman–Crippen LogP) is 1.10. The lowest BCUT2D eigenvalue weighted by atomic mass is 9.87. The van der Waals surface area contributed by atoms with Gasteiger partial charge in [0, 0.05) is 0 Å². The molecule has 0 radical (unpaired) electrons. The highest BCUT2D eigenvalue weighted by Gasteiger charge is 2.30. The van der Waals surface area contributed by atoms with Crippen LogP contribution in [0.25, 0.3) is 0 Å². The summed E-state index contributed by atoms with van der Waals surface area (Å²) in [6.07, 6.45) is 3.10. The molecule has 12 heavy (non-hydrogen) atoms. The van der Waals surface area contributed by atoms with Crippen LogP contribution >= 0.6 is 0 Å². The maximum atomic E-state index is 11.2. The molecule has 1 aliphatic carbocycles. The first-order valence-corrected chi connectivity index (χ1v) is 4.60. The van der Waals surface area contributed by atoms with Gasteiger partial charge in [0.15, 0.2) is 0 Å². The molecule has 1 saturated carbocycles. The van der Waals surface area contributed by atoms with Gasteiger partial charge in [0.25, 0.3) is 0 Å². The number of esters is 1. The van der Waals surface area contributed by atoms with Crippen molar-refractivity contribution in [3.8, 4) is 0 Å². The van der Waals surface area contributed by atoms with Crippen molar-refractivity contribution in [3.63, 3.8) is 0 Å². The number of rotatable bonds is 2. The van der Waals surface area contributed by atoms with Gasteiger partial charge in [0.05, 0.1) is 18.6 Å². The van der Waals surface area contributed by atoms with Gasteiger partial charge in [-0.25, -0.2) is 0 Å². The van der Waals surface area contributed by atoms with E-state index >= 15 is 0 Å². The van der Waals surface area contributed by atoms with Crippen LogP contribution in [0.4, 0.5) is 0 Å². The van der Waals surface area contributed by atoms with Crippen LogP contribution < -0.4 is 0 Å². The summed E-state index contributed by atoms with van der Waals surface area (Å²) >= 11 is 0. The van der Waals surface area contributed by atoms with Crippen molar-refractivity contribution in [2.24, 2.45) is 5.92 Å². The lowest BCUT2D eigenvalue weighted by molar-refractivity contribution is -0.153. The number of hydrogen-bond donors (Lipinski definition) is 1. The maximum absolute atomic E-state index is 11.2. The molecule has 0 unspecified atom stereocenters. The molecule has 3 heteroatoms. The molecule has 1 fully saturated rings. The van der Waals surface area contributed by atoms with Gasteiger partial charge in [-0.05, 0) is 19.8 Å². The van der Waals surface area contributed by atoms with Crippen LogP contribution in [0.3, 0.4) is 0 Å². The monoisotopic (exact) mass is 172 g/mol. The number of ether oxygens (including phenoxy) is 1. The molecule has 0 aromatic heterocycles. The molecule has 0 aromatic carbocycles. The Kier molecular flexibility index (Phi) is 3.53. The van der Waals surface area contributed by atoms with Crippen LogP contribution in [0.1, 0.15) is 32.6 Å². The largest absolute Gasteiger partial charge is 0.466 e. The van der Waals surface area contributed by atoms with Crippen molar-refractivity contribution in [2.45, 2.75) is 38.7 Å². The van der Waals surface area contributed by atoms with E-state index in [1.54, 1.807) is 6.92 Å². The molecular formula is C9H16O3. The zero-order chi connectivity index (χ0) is 8.97. The smallest absolute Gasteiger partial charge is 0.311 e. The van der Waals surface area contributed by atoms with Crippen LogP contribution in [-0.4, -0.2) is 23.8 Å². The number of carbonyl (C=O) groups is 1. The Bertz CT molecular complexity index is 156. The van der Waals surface area contributed by atoms with Gasteiger partial charge in [-0.15, -0.1) is 0 Å². The second-order valence-electron chi connectivity index (χ2n) is 3.21. The van der Waals surface area contributed by atoms with E-state index in [0.717, 1.165) is 25.7 Å². The summed E-state index contributed by atoms with van der Waals surface area (Å²) in [6, 6.07) is 0. The highest BCUT2D eigenvalue weighted by molar-refractivity contribution is 5.73. The van der Waals surface area contributed by atoms with Gasteiger partial charge in [-0.1, -0.05) is 12.8 Å². The number of hydrogen-bond acceptors (Lipinski definition) is 3. The highest BCUT2D eigenvalue weighted by atomic mass is 16.5. The Morgan fingerprint density at radius 1 is 1.50 bits per heavy atom. The second kappa shape index (κ2) is 4.45. The molecule has 0 saturated heterocycles. The van der Waals surface area contributed by atoms with E-state index in [2.05, 4.69) is 0 Å². The third kappa shape index (κ3) is 2.21. The zero-order valence-corrected chi connectivity index (χ0v) is 7.45. The second-order valence-corrected chi connectivity index (χ2v) is 3.21. The first-order valence-electron chi connectivity index (χ1n) is 4.60. The van der Waals surface area contributed by atoms with Crippen LogP contribution in [0.5, 0.6) is 0 Å². The Morgan fingerprint density at radius 2 is 2.17 bits per heavy atom. The molecule has 2 atom stereocenters. The van der Waals surface area contributed by atoms with Crippen LogP contribution in [0.2, 0.25) is 0 Å². The fourth-order valence-electron chi connectivity index (χ4n) is 1.64. The van der Waals surface area contributed by atoms with E-state index in [4.69, 9.17) is 4.74 Å². The van der Waals surface area contributed by atoms with Crippen molar-refractivity contribution in [3.05, 3.63) is 0 Å². The van der Waals surface area contributed by atoms with Gasteiger partial charge in [-0.2, -0.15) is 0 Å². The van der Waals surface area contributed by atoms with Crippen LogP contribution in [-0.2, 0) is 9.53 Å². The number of aliphatic hydroxyl groups is 1. The van der Waals surface area contributed by atoms with E-state index in [1.165, 1.54) is 0 Å². The van der Waals surface area contributed by atoms with Crippen molar-refractivity contribution < 1.29 is 14.6 Å². The zero-order valence-electron chi connectivity index (χ0n) is 7.45. The Labute approximate surface area is 72.7 Å². The molecular weight excluding hydrogens is 156 g/mol. The maximum Gasteiger partial charge on any atom is 0.311 e. The van der Waals surface area contributed by atoms with E-state index < -0.39 is 6.10 Å². The summed E-state index contributed by atoms with van der Waals surface area (Å²) in [6.45, 7) is 2.19. The molecule has 1 rings (SSSR count). The summed E-state index contributed by atoms with van der Waals surface area (Å²) in [4.78, 5) is 11.2. The fraction of sp³-hybridized carbons (Fsp3) is 0.889. The van der Waals surface area contributed by atoms with Gasteiger partial charge in [0.1, 0.15) is 0 Å². The molecule has 0 spiro atoms. The Balaban J connectivity index is 2.42. The minimum absolute atomic E-state index is 0.232. The summed E-state index contributed by atoms with van der Waals surface area (Å²) in [5.74, 6) is -0.497. The van der Waals surface area contributed by atoms with Gasteiger partial charge >= 0.3 is 5.97 Å². The normalized spacial score (nSPS) is 29.8. The van der Waals surface area contributed by atoms with Crippen molar-refractivity contribution >= 4 is 5.97 Å². The summed E-state index contributed by atoms with van der Waals surface area (Å²) in [5, 5.41) is 9.47. The van der Waals surface area contributed by atoms with Crippen molar-refractivity contribution in [1.82, 2.24) is 0 Å². The summed E-state index contributed by atoms with van der Waals surface area (Å²) in [7, 11) is 0. The van der Waals surface area contributed by atoms with Crippen molar-refractivity contribution in [1.29, 1.82) is 0 Å². The topological polar surface area (TPSA) is 46.5 Å². The number of aliphatic hydroxyl groups excluding tert-OH is 1. The minimum Gasteiger partial charge on any atom is -0.466 e. The van der Waals surface area contributed by atoms with Crippen LogP contribution in [0, 0.1) is 5.92 Å². The van der Waals surface area contributed by atoms with Gasteiger partial charge < -0.3 is 9.84 Å². The Morgan fingerprint density at radius 3 is 2.75 bits per heavy atom. The van der Waals surface area contributed by atoms with Gasteiger partial charge in [0.2, 0.25) is 0 Å². The minimum atomic E-state index is -0.474. The molecule has 70 valence electrons. The molecule has 0 heterocycles. The third-order valence-electron chi connectivity index (χ3n) is 2.32. The SMILES string of the molecule is CCOC(=O)[C@H]1CCCC[C@H]1O. The molecule has 0 amide bonds.